The van der Waals surface area contributed by atoms with Crippen LogP contribution in [-0.4, -0.2) is 31.4 Å². The van der Waals surface area contributed by atoms with E-state index >= 15 is 0 Å². The molecule has 0 spiro atoms. The van der Waals surface area contributed by atoms with Gasteiger partial charge in [0.25, 0.3) is 0 Å². The molecule has 0 amide bonds. The van der Waals surface area contributed by atoms with Crippen LogP contribution in [0, 0.1) is 11.8 Å². The fraction of sp³-hybridized carbons (Fsp3) is 0.333. The average Bonchev–Trinajstić information content (AvgIpc) is 3.47. The second-order valence-corrected chi connectivity index (χ2v) is 9.71. The fourth-order valence-electron chi connectivity index (χ4n) is 5.99. The number of rotatable bonds is 4. The lowest BCUT2D eigenvalue weighted by Gasteiger charge is -2.46. The van der Waals surface area contributed by atoms with E-state index in [1.165, 1.54) is 11.3 Å². The van der Waals surface area contributed by atoms with Crippen molar-refractivity contribution < 1.29 is 14.3 Å². The van der Waals surface area contributed by atoms with Gasteiger partial charge in [-0.05, 0) is 66.1 Å². The maximum atomic E-state index is 13.2. The summed E-state index contributed by atoms with van der Waals surface area (Å²) >= 11 is 5.90. The first-order chi connectivity index (χ1) is 15.6. The molecular weight excluding hydrogens is 422 g/mol. The first-order valence-corrected chi connectivity index (χ1v) is 11.7. The highest BCUT2D eigenvalue weighted by Gasteiger charge is 2.44. The van der Waals surface area contributed by atoms with Crippen molar-refractivity contribution >= 4 is 29.0 Å². The summed E-state index contributed by atoms with van der Waals surface area (Å²) in [7, 11) is 0. The molecule has 162 valence electrons. The van der Waals surface area contributed by atoms with Gasteiger partial charge < -0.3 is 9.64 Å². The molecule has 0 N–H and O–H groups in total. The number of carbonyl (C=O) groups excluding carboxylic acids is 2. The van der Waals surface area contributed by atoms with Crippen molar-refractivity contribution in [2.75, 3.05) is 24.6 Å². The predicted octanol–water partition coefficient (Wildman–Crippen LogP) is 5.53. The first-order valence-electron chi connectivity index (χ1n) is 11.3. The zero-order valence-electron chi connectivity index (χ0n) is 17.7. The standard InChI is InChI=1S/C27H24ClNO3/c28-19-9-7-16(8-10-19)24(30)15-32-27(31)23-12-11-22-20-5-1-3-17(20)13-29-14-18-4-2-6-21(18)25(23)26(22)29/h1-2,5-12,17-18,20-21H,3-4,13-15H2/t17-,18+,20+,21+/m0/s1. The maximum Gasteiger partial charge on any atom is 0.338 e. The zero-order valence-corrected chi connectivity index (χ0v) is 18.4. The number of nitrogens with zero attached hydrogens (tertiary/aromatic N) is 1. The molecule has 5 heteroatoms. The van der Waals surface area contributed by atoms with E-state index in [1.807, 2.05) is 6.07 Å². The molecular formula is C27H24ClNO3. The Bertz CT molecular complexity index is 1160. The van der Waals surface area contributed by atoms with Gasteiger partial charge in [0.05, 0.1) is 5.56 Å². The van der Waals surface area contributed by atoms with Crippen LogP contribution >= 0.6 is 11.6 Å². The van der Waals surface area contributed by atoms with Crippen molar-refractivity contribution in [3.05, 3.63) is 88.0 Å². The van der Waals surface area contributed by atoms with E-state index < -0.39 is 5.97 Å². The Hall–Kier alpha value is -2.85. The van der Waals surface area contributed by atoms with Crippen LogP contribution in [0.3, 0.4) is 0 Å². The summed E-state index contributed by atoms with van der Waals surface area (Å²) in [5, 5.41) is 0.565. The average molecular weight is 446 g/mol. The monoisotopic (exact) mass is 445 g/mol. The Labute approximate surface area is 192 Å². The third-order valence-corrected chi connectivity index (χ3v) is 7.72. The molecule has 32 heavy (non-hydrogen) atoms. The molecule has 2 aliphatic carbocycles. The lowest BCUT2D eigenvalue weighted by Crippen LogP contribution is -2.44. The van der Waals surface area contributed by atoms with Crippen molar-refractivity contribution in [2.45, 2.75) is 24.7 Å². The van der Waals surface area contributed by atoms with Gasteiger partial charge in [0.1, 0.15) is 0 Å². The molecule has 2 heterocycles. The summed E-state index contributed by atoms with van der Waals surface area (Å²) in [4.78, 5) is 28.2. The lowest BCUT2D eigenvalue weighted by atomic mass is 9.73. The highest BCUT2D eigenvalue weighted by Crippen LogP contribution is 2.53. The fourth-order valence-corrected chi connectivity index (χ4v) is 6.11. The normalized spacial score (nSPS) is 26.5. The van der Waals surface area contributed by atoms with Crippen LogP contribution in [0.15, 0.2) is 60.7 Å². The number of hydrogen-bond donors (Lipinski definition) is 0. The minimum Gasteiger partial charge on any atom is -0.454 e. The largest absolute Gasteiger partial charge is 0.454 e. The van der Waals surface area contributed by atoms with Gasteiger partial charge in [0, 0.05) is 41.2 Å². The number of ether oxygens (including phenoxy) is 1. The summed E-state index contributed by atoms with van der Waals surface area (Å²) < 4.78 is 5.52. The van der Waals surface area contributed by atoms with Crippen molar-refractivity contribution in [1.82, 2.24) is 0 Å². The Kier molecular flexibility index (Phi) is 4.72. The minimum absolute atomic E-state index is 0.234. The molecule has 4 nitrogen and oxygen atoms in total. The van der Waals surface area contributed by atoms with Crippen LogP contribution in [0.2, 0.25) is 5.02 Å². The number of carbonyl (C=O) groups is 2. The summed E-state index contributed by atoms with van der Waals surface area (Å²) in [6, 6.07) is 10.7. The third kappa shape index (κ3) is 3.12. The number of allylic oxidation sites excluding steroid dienone is 4. The molecule has 2 aromatic rings. The van der Waals surface area contributed by atoms with E-state index in [9.17, 15) is 9.59 Å². The van der Waals surface area contributed by atoms with Crippen molar-refractivity contribution in [3.8, 4) is 0 Å². The van der Waals surface area contributed by atoms with Gasteiger partial charge in [-0.1, -0.05) is 42.0 Å². The molecule has 0 saturated carbocycles. The molecule has 4 aliphatic rings. The summed E-state index contributed by atoms with van der Waals surface area (Å²) in [5.41, 5.74) is 4.73. The predicted molar refractivity (Wildman–Crippen MR) is 125 cm³/mol. The molecule has 6 rings (SSSR count). The highest BCUT2D eigenvalue weighted by atomic mass is 35.5. The number of halogens is 1. The van der Waals surface area contributed by atoms with Crippen LogP contribution < -0.4 is 4.90 Å². The Morgan fingerprint density at radius 3 is 2.38 bits per heavy atom. The van der Waals surface area contributed by atoms with E-state index in [0.717, 1.165) is 31.5 Å². The first kappa shape index (κ1) is 19.8. The van der Waals surface area contributed by atoms with Crippen molar-refractivity contribution in [1.29, 1.82) is 0 Å². The molecule has 2 aliphatic heterocycles. The highest BCUT2D eigenvalue weighted by molar-refractivity contribution is 6.30. The number of anilines is 1. The number of Topliss-reactive ketones (excluding diaryl/α,β-unsaturated/α-hetero) is 1. The zero-order chi connectivity index (χ0) is 21.8. The number of esters is 1. The van der Waals surface area contributed by atoms with E-state index in [-0.39, 0.29) is 18.3 Å². The van der Waals surface area contributed by atoms with Crippen LogP contribution in [0.5, 0.6) is 0 Å². The Morgan fingerprint density at radius 1 is 0.938 bits per heavy atom. The second kappa shape index (κ2) is 7.63. The van der Waals surface area contributed by atoms with Gasteiger partial charge in [0.2, 0.25) is 0 Å². The van der Waals surface area contributed by atoms with Gasteiger partial charge in [-0.2, -0.15) is 0 Å². The second-order valence-electron chi connectivity index (χ2n) is 9.28. The van der Waals surface area contributed by atoms with Crippen LogP contribution in [-0.2, 0) is 4.74 Å². The maximum absolute atomic E-state index is 13.2. The quantitative estimate of drug-likeness (QED) is 0.352. The van der Waals surface area contributed by atoms with Gasteiger partial charge in [-0.15, -0.1) is 0 Å². The molecule has 2 aromatic carbocycles. The molecule has 0 bridgehead atoms. The smallest absolute Gasteiger partial charge is 0.338 e. The third-order valence-electron chi connectivity index (χ3n) is 7.47. The van der Waals surface area contributed by atoms with Gasteiger partial charge in [-0.3, -0.25) is 4.79 Å². The van der Waals surface area contributed by atoms with Gasteiger partial charge >= 0.3 is 5.97 Å². The van der Waals surface area contributed by atoms with Crippen LogP contribution in [0.1, 0.15) is 56.5 Å². The van der Waals surface area contributed by atoms with Gasteiger partial charge in [0.15, 0.2) is 12.4 Å². The molecule has 0 aromatic heterocycles. The van der Waals surface area contributed by atoms with E-state index in [1.54, 1.807) is 24.3 Å². The van der Waals surface area contributed by atoms with E-state index in [0.29, 0.717) is 33.9 Å². The SMILES string of the molecule is O=C(COC(=O)c1ccc2c3c1[C@@H]1C=CC[C@@H]1CN3C[C@@H]1CC=C[C@@H]21)c1ccc(Cl)cc1. The number of ketones is 1. The minimum atomic E-state index is -0.421. The van der Waals surface area contributed by atoms with Crippen molar-refractivity contribution in [3.63, 3.8) is 0 Å². The molecule has 0 saturated heterocycles. The number of fused-ring (bicyclic) bond motifs is 4. The molecule has 0 fully saturated rings. The van der Waals surface area contributed by atoms with Gasteiger partial charge in [-0.25, -0.2) is 4.79 Å². The van der Waals surface area contributed by atoms with E-state index in [2.05, 4.69) is 35.3 Å². The summed E-state index contributed by atoms with van der Waals surface area (Å²) in [5.74, 6) is 1.12. The van der Waals surface area contributed by atoms with Crippen LogP contribution in [0.4, 0.5) is 5.69 Å². The topological polar surface area (TPSA) is 46.6 Å². The number of benzene rings is 2. The Morgan fingerprint density at radius 2 is 1.62 bits per heavy atom. The van der Waals surface area contributed by atoms with E-state index in [4.69, 9.17) is 16.3 Å². The number of hydrogen-bond acceptors (Lipinski definition) is 4. The summed E-state index contributed by atoms with van der Waals surface area (Å²) in [6.07, 6.45) is 11.3. The lowest BCUT2D eigenvalue weighted by molar-refractivity contribution is 0.0473. The summed E-state index contributed by atoms with van der Waals surface area (Å²) in [6.45, 7) is 1.79. The molecule has 0 radical (unpaired) electrons. The Balaban J connectivity index is 1.33. The molecule has 4 atom stereocenters. The van der Waals surface area contributed by atoms with Crippen molar-refractivity contribution in [2.24, 2.45) is 11.8 Å². The molecule has 0 unspecified atom stereocenters. The van der Waals surface area contributed by atoms with Crippen LogP contribution in [0.25, 0.3) is 0 Å².